The van der Waals surface area contributed by atoms with Crippen LogP contribution in [0.4, 0.5) is 10.1 Å². The zero-order valence-corrected chi connectivity index (χ0v) is 25.1. The van der Waals surface area contributed by atoms with Crippen molar-refractivity contribution in [1.82, 2.24) is 9.97 Å². The van der Waals surface area contributed by atoms with E-state index < -0.39 is 23.8 Å². The van der Waals surface area contributed by atoms with Crippen molar-refractivity contribution in [3.05, 3.63) is 101 Å². The van der Waals surface area contributed by atoms with E-state index in [4.69, 9.17) is 24.2 Å². The van der Waals surface area contributed by atoms with Crippen molar-refractivity contribution in [3.63, 3.8) is 0 Å². The van der Waals surface area contributed by atoms with Gasteiger partial charge >= 0.3 is 5.97 Å². The van der Waals surface area contributed by atoms with Crippen LogP contribution in [0.25, 0.3) is 33.5 Å². The van der Waals surface area contributed by atoms with E-state index in [0.717, 1.165) is 11.1 Å². The molecule has 8 nitrogen and oxygen atoms in total. The Hall–Kier alpha value is -4.83. The van der Waals surface area contributed by atoms with Crippen LogP contribution in [0.5, 0.6) is 11.5 Å². The lowest BCUT2D eigenvalue weighted by Crippen LogP contribution is -2.32. The third-order valence-electron chi connectivity index (χ3n) is 6.73. The fourth-order valence-corrected chi connectivity index (χ4v) is 4.74. The number of nitrogens with zero attached hydrogens (tertiary/aromatic N) is 2. The van der Waals surface area contributed by atoms with E-state index in [-0.39, 0.29) is 17.7 Å². The van der Waals surface area contributed by atoms with Crippen molar-refractivity contribution >= 4 is 44.5 Å². The zero-order chi connectivity index (χ0) is 30.5. The molecule has 0 bridgehead atoms. The Morgan fingerprint density at radius 3 is 1.93 bits per heavy atom. The van der Waals surface area contributed by atoms with Gasteiger partial charge in [0.2, 0.25) is 0 Å². The van der Waals surface area contributed by atoms with E-state index in [1.165, 1.54) is 12.1 Å². The Bertz CT molecular complexity index is 1800. The molecule has 218 valence electrons. The molecule has 0 aliphatic rings. The molecule has 5 aromatic rings. The van der Waals surface area contributed by atoms with Crippen LogP contribution in [-0.4, -0.2) is 42.2 Å². The van der Waals surface area contributed by atoms with Crippen molar-refractivity contribution in [3.8, 4) is 34.0 Å². The summed E-state index contributed by atoms with van der Waals surface area (Å²) in [7, 11) is 3.20. The number of carbonyl (C=O) groups excluding carboxylic acids is 2. The number of benzene rings is 4. The normalized spacial score (nSPS) is 11.6. The largest absolute Gasteiger partial charge is 0.497 e. The van der Waals surface area contributed by atoms with Crippen LogP contribution in [0.3, 0.4) is 0 Å². The van der Waals surface area contributed by atoms with Crippen LogP contribution < -0.4 is 14.8 Å². The maximum Gasteiger partial charge on any atom is 0.338 e. The molecule has 0 radical (unpaired) electrons. The molecule has 0 saturated heterocycles. The summed E-state index contributed by atoms with van der Waals surface area (Å²) in [5.41, 5.74) is 4.11. The highest BCUT2D eigenvalue weighted by atomic mass is 79.9. The average Bonchev–Trinajstić information content (AvgIpc) is 3.04. The highest BCUT2D eigenvalue weighted by Gasteiger charge is 2.24. The van der Waals surface area contributed by atoms with Gasteiger partial charge in [-0.15, -0.1) is 0 Å². The number of rotatable bonds is 9. The van der Waals surface area contributed by atoms with E-state index in [2.05, 4.69) is 21.2 Å². The zero-order valence-electron chi connectivity index (χ0n) is 23.6. The molecule has 0 aliphatic heterocycles. The third kappa shape index (κ3) is 6.65. The number of nitrogens with one attached hydrogen (secondary N) is 1. The highest BCUT2D eigenvalue weighted by molar-refractivity contribution is 9.10. The summed E-state index contributed by atoms with van der Waals surface area (Å²) in [5.74, 6) is -0.548. The molecule has 1 aromatic heterocycles. The topological polar surface area (TPSA) is 99.6 Å². The summed E-state index contributed by atoms with van der Waals surface area (Å²) in [4.78, 5) is 35.8. The van der Waals surface area contributed by atoms with Gasteiger partial charge in [0.1, 0.15) is 17.3 Å². The molecule has 1 unspecified atom stereocenters. The predicted molar refractivity (Wildman–Crippen MR) is 166 cm³/mol. The number of halogens is 2. The van der Waals surface area contributed by atoms with Gasteiger partial charge in [0, 0.05) is 15.6 Å². The van der Waals surface area contributed by atoms with Crippen molar-refractivity contribution in [1.29, 1.82) is 0 Å². The standard InChI is InChI=1S/C33H27BrFN3O5/c1-4-29(32(39)38-26-16-10-22(34)18-25(26)35)43-33(40)21-9-15-27-28(17-21)37-31(20-7-13-24(42-3)14-8-20)30(36-27)19-5-11-23(41-2)12-6-19/h5-18,29H,4H2,1-3H3,(H,38,39). The van der Waals surface area contributed by atoms with Crippen molar-refractivity contribution in [2.45, 2.75) is 19.4 Å². The van der Waals surface area contributed by atoms with E-state index >= 15 is 0 Å². The summed E-state index contributed by atoms with van der Waals surface area (Å²) >= 11 is 3.18. The van der Waals surface area contributed by atoms with E-state index in [1.54, 1.807) is 45.4 Å². The van der Waals surface area contributed by atoms with E-state index in [1.807, 2.05) is 48.5 Å². The van der Waals surface area contributed by atoms with Gasteiger partial charge in [-0.05, 0) is 91.3 Å². The van der Waals surface area contributed by atoms with Crippen molar-refractivity contribution < 1.29 is 28.2 Å². The number of hydrogen-bond acceptors (Lipinski definition) is 7. The van der Waals surface area contributed by atoms with Gasteiger partial charge < -0.3 is 19.5 Å². The van der Waals surface area contributed by atoms with Crippen LogP contribution in [0.15, 0.2) is 89.4 Å². The lowest BCUT2D eigenvalue weighted by atomic mass is 10.0. The first kappa shape index (κ1) is 29.7. The van der Waals surface area contributed by atoms with Gasteiger partial charge in [-0.25, -0.2) is 19.2 Å². The van der Waals surface area contributed by atoms with Crippen molar-refractivity contribution in [2.75, 3.05) is 19.5 Å². The number of methoxy groups -OCH3 is 2. The quantitative estimate of drug-likeness (QED) is 0.166. The predicted octanol–water partition coefficient (Wildman–Crippen LogP) is 7.46. The summed E-state index contributed by atoms with van der Waals surface area (Å²) in [6.07, 6.45) is -0.944. The number of esters is 1. The second kappa shape index (κ2) is 13.0. The van der Waals surface area contributed by atoms with Gasteiger partial charge in [-0.2, -0.15) is 0 Å². The smallest absolute Gasteiger partial charge is 0.338 e. The first-order chi connectivity index (χ1) is 20.8. The first-order valence-electron chi connectivity index (χ1n) is 13.4. The maximum atomic E-state index is 14.2. The molecule has 43 heavy (non-hydrogen) atoms. The lowest BCUT2D eigenvalue weighted by molar-refractivity contribution is -0.124. The fraction of sp³-hybridized carbons (Fsp3) is 0.152. The van der Waals surface area contributed by atoms with Gasteiger partial charge in [0.05, 0.1) is 47.9 Å². The number of amides is 1. The molecule has 1 N–H and O–H groups in total. The Morgan fingerprint density at radius 2 is 1.40 bits per heavy atom. The number of aromatic nitrogens is 2. The van der Waals surface area contributed by atoms with Crippen LogP contribution in [0.2, 0.25) is 0 Å². The molecule has 1 atom stereocenters. The second-order valence-corrected chi connectivity index (χ2v) is 10.4. The average molecular weight is 644 g/mol. The Balaban J connectivity index is 1.46. The molecule has 0 fully saturated rings. The second-order valence-electron chi connectivity index (χ2n) is 9.50. The van der Waals surface area contributed by atoms with Gasteiger partial charge in [0.15, 0.2) is 6.10 Å². The number of ether oxygens (including phenoxy) is 3. The molecular weight excluding hydrogens is 617 g/mol. The minimum atomic E-state index is -1.13. The molecule has 0 spiro atoms. The summed E-state index contributed by atoms with van der Waals surface area (Å²) in [5, 5.41) is 2.49. The third-order valence-corrected chi connectivity index (χ3v) is 7.22. The lowest BCUT2D eigenvalue weighted by Gasteiger charge is -2.17. The molecule has 1 heterocycles. The number of fused-ring (bicyclic) bond motifs is 1. The maximum absolute atomic E-state index is 14.2. The van der Waals surface area contributed by atoms with E-state index in [0.29, 0.717) is 38.4 Å². The van der Waals surface area contributed by atoms with Gasteiger partial charge in [-0.3, -0.25) is 4.79 Å². The fourth-order valence-electron chi connectivity index (χ4n) is 4.41. The number of carbonyl (C=O) groups is 2. The van der Waals surface area contributed by atoms with Crippen LogP contribution in [0.1, 0.15) is 23.7 Å². The molecule has 1 amide bonds. The summed E-state index contributed by atoms with van der Waals surface area (Å²) in [6.45, 7) is 1.70. The molecule has 0 saturated carbocycles. The summed E-state index contributed by atoms with van der Waals surface area (Å²) in [6, 6.07) is 24.1. The molecule has 5 rings (SSSR count). The molecular formula is C33H27BrFN3O5. The number of hydrogen-bond donors (Lipinski definition) is 1. The van der Waals surface area contributed by atoms with Crippen molar-refractivity contribution in [2.24, 2.45) is 0 Å². The van der Waals surface area contributed by atoms with Crippen LogP contribution in [0, 0.1) is 5.82 Å². The van der Waals surface area contributed by atoms with Crippen LogP contribution >= 0.6 is 15.9 Å². The Kier molecular flexibility index (Phi) is 8.96. The molecule has 4 aromatic carbocycles. The van der Waals surface area contributed by atoms with Crippen LogP contribution in [-0.2, 0) is 9.53 Å². The Morgan fingerprint density at radius 1 is 0.814 bits per heavy atom. The van der Waals surface area contributed by atoms with Gasteiger partial charge in [0.25, 0.3) is 5.91 Å². The number of anilines is 1. The molecule has 10 heteroatoms. The SMILES string of the molecule is CCC(OC(=O)c1ccc2nc(-c3ccc(OC)cc3)c(-c3ccc(OC)cc3)nc2c1)C(=O)Nc1ccc(Br)cc1F. The highest BCUT2D eigenvalue weighted by Crippen LogP contribution is 2.33. The monoisotopic (exact) mass is 643 g/mol. The summed E-state index contributed by atoms with van der Waals surface area (Å²) < 4.78 is 30.9. The Labute approximate surface area is 256 Å². The van der Waals surface area contributed by atoms with E-state index in [9.17, 15) is 14.0 Å². The molecule has 0 aliphatic carbocycles. The first-order valence-corrected chi connectivity index (χ1v) is 14.2. The minimum Gasteiger partial charge on any atom is -0.497 e. The minimum absolute atomic E-state index is 0.0117. The van der Waals surface area contributed by atoms with Gasteiger partial charge in [-0.1, -0.05) is 22.9 Å².